The second kappa shape index (κ2) is 29.4. The third-order valence-corrected chi connectivity index (χ3v) is 6.14. The summed E-state index contributed by atoms with van der Waals surface area (Å²) in [6.45, 7) is 6.53. The first kappa shape index (κ1) is 32.4. The van der Waals surface area contributed by atoms with Gasteiger partial charge in [-0.05, 0) is 44.9 Å². The SMILES string of the molecule is CCCCC/C=C\C/C=C\CCCCCCCCOC(CN)OCCCCCCCCCC. The van der Waals surface area contributed by atoms with Crippen molar-refractivity contribution in [2.75, 3.05) is 19.8 Å². The summed E-state index contributed by atoms with van der Waals surface area (Å²) in [5.41, 5.74) is 5.79. The number of allylic oxidation sites excluding steroid dienone is 4. The van der Waals surface area contributed by atoms with Crippen LogP contribution >= 0.6 is 0 Å². The van der Waals surface area contributed by atoms with Crippen LogP contribution in [0.3, 0.4) is 0 Å². The Morgan fingerprint density at radius 1 is 0.515 bits per heavy atom. The molecule has 196 valence electrons. The van der Waals surface area contributed by atoms with Gasteiger partial charge in [-0.1, -0.05) is 122 Å². The van der Waals surface area contributed by atoms with E-state index in [1.165, 1.54) is 109 Å². The van der Waals surface area contributed by atoms with Gasteiger partial charge in [0.1, 0.15) is 0 Å². The van der Waals surface area contributed by atoms with Crippen LogP contribution in [0.5, 0.6) is 0 Å². The fourth-order valence-electron chi connectivity index (χ4n) is 3.94. The van der Waals surface area contributed by atoms with Gasteiger partial charge in [0.25, 0.3) is 0 Å². The van der Waals surface area contributed by atoms with Gasteiger partial charge in [-0.3, -0.25) is 0 Å². The lowest BCUT2D eigenvalue weighted by Gasteiger charge is -2.16. The van der Waals surface area contributed by atoms with Crippen molar-refractivity contribution in [3.05, 3.63) is 24.3 Å². The fourth-order valence-corrected chi connectivity index (χ4v) is 3.94. The summed E-state index contributed by atoms with van der Waals surface area (Å²) in [4.78, 5) is 0. The van der Waals surface area contributed by atoms with E-state index in [1.807, 2.05) is 0 Å². The first-order valence-corrected chi connectivity index (χ1v) is 14.6. The number of unbranched alkanes of at least 4 members (excludes halogenated alkanes) is 16. The van der Waals surface area contributed by atoms with Crippen molar-refractivity contribution in [3.8, 4) is 0 Å². The van der Waals surface area contributed by atoms with Crippen LogP contribution in [0.15, 0.2) is 24.3 Å². The maximum absolute atomic E-state index is 5.82. The minimum absolute atomic E-state index is 0.215. The Labute approximate surface area is 208 Å². The van der Waals surface area contributed by atoms with Crippen molar-refractivity contribution in [2.45, 2.75) is 149 Å². The van der Waals surface area contributed by atoms with Gasteiger partial charge >= 0.3 is 0 Å². The molecule has 0 rings (SSSR count). The summed E-state index contributed by atoms with van der Waals surface area (Å²) in [5.74, 6) is 0. The smallest absolute Gasteiger partial charge is 0.169 e. The molecule has 33 heavy (non-hydrogen) atoms. The van der Waals surface area contributed by atoms with E-state index in [0.717, 1.165) is 32.5 Å². The molecule has 0 saturated heterocycles. The van der Waals surface area contributed by atoms with Crippen LogP contribution in [0.4, 0.5) is 0 Å². The molecule has 3 nitrogen and oxygen atoms in total. The van der Waals surface area contributed by atoms with E-state index in [9.17, 15) is 0 Å². The molecule has 0 amide bonds. The first-order valence-electron chi connectivity index (χ1n) is 14.6. The van der Waals surface area contributed by atoms with E-state index < -0.39 is 0 Å². The molecular formula is C30H59NO2. The normalized spacial score (nSPS) is 12.9. The Kier molecular flexibility index (Phi) is 28.8. The maximum atomic E-state index is 5.82. The van der Waals surface area contributed by atoms with Gasteiger partial charge < -0.3 is 15.2 Å². The van der Waals surface area contributed by atoms with Gasteiger partial charge in [0.2, 0.25) is 0 Å². The lowest BCUT2D eigenvalue weighted by Crippen LogP contribution is -2.27. The summed E-state index contributed by atoms with van der Waals surface area (Å²) in [7, 11) is 0. The Balaban J connectivity index is 3.34. The van der Waals surface area contributed by atoms with Gasteiger partial charge in [-0.25, -0.2) is 0 Å². The molecule has 3 heteroatoms. The molecule has 0 fully saturated rings. The lowest BCUT2D eigenvalue weighted by atomic mass is 10.1. The number of rotatable bonds is 27. The van der Waals surface area contributed by atoms with Crippen LogP contribution in [-0.4, -0.2) is 26.0 Å². The molecule has 0 spiro atoms. The molecule has 0 aliphatic heterocycles. The zero-order valence-corrected chi connectivity index (χ0v) is 22.5. The van der Waals surface area contributed by atoms with E-state index in [1.54, 1.807) is 0 Å². The minimum Gasteiger partial charge on any atom is -0.351 e. The van der Waals surface area contributed by atoms with Crippen LogP contribution in [-0.2, 0) is 9.47 Å². The van der Waals surface area contributed by atoms with Crippen LogP contribution in [0.2, 0.25) is 0 Å². The summed E-state index contributed by atoms with van der Waals surface area (Å²) in [6.07, 6.45) is 34.9. The number of hydrogen-bond acceptors (Lipinski definition) is 3. The second-order valence-electron chi connectivity index (χ2n) is 9.47. The summed E-state index contributed by atoms with van der Waals surface area (Å²) in [5, 5.41) is 0. The largest absolute Gasteiger partial charge is 0.351 e. The van der Waals surface area contributed by atoms with Gasteiger partial charge in [0.15, 0.2) is 6.29 Å². The van der Waals surface area contributed by atoms with Crippen molar-refractivity contribution >= 4 is 0 Å². The highest BCUT2D eigenvalue weighted by Gasteiger charge is 2.06. The maximum Gasteiger partial charge on any atom is 0.169 e. The number of hydrogen-bond donors (Lipinski definition) is 1. The first-order chi connectivity index (χ1) is 16.3. The Hall–Kier alpha value is -0.640. The van der Waals surface area contributed by atoms with Crippen molar-refractivity contribution in [3.63, 3.8) is 0 Å². The van der Waals surface area contributed by atoms with Crippen LogP contribution in [0.25, 0.3) is 0 Å². The quantitative estimate of drug-likeness (QED) is 0.0746. The van der Waals surface area contributed by atoms with E-state index >= 15 is 0 Å². The van der Waals surface area contributed by atoms with Gasteiger partial charge in [0.05, 0.1) is 0 Å². The van der Waals surface area contributed by atoms with Crippen LogP contribution in [0.1, 0.15) is 142 Å². The van der Waals surface area contributed by atoms with Gasteiger partial charge in [-0.15, -0.1) is 0 Å². The molecule has 1 atom stereocenters. The van der Waals surface area contributed by atoms with E-state index in [0.29, 0.717) is 6.54 Å². The molecule has 0 bridgehead atoms. The van der Waals surface area contributed by atoms with Crippen molar-refractivity contribution in [1.29, 1.82) is 0 Å². The van der Waals surface area contributed by atoms with Crippen molar-refractivity contribution in [1.82, 2.24) is 0 Å². The predicted molar refractivity (Wildman–Crippen MR) is 147 cm³/mol. The molecule has 0 heterocycles. The van der Waals surface area contributed by atoms with Crippen molar-refractivity contribution in [2.24, 2.45) is 5.73 Å². The molecule has 0 aromatic rings. The lowest BCUT2D eigenvalue weighted by molar-refractivity contribution is -0.137. The molecule has 0 aliphatic rings. The second-order valence-corrected chi connectivity index (χ2v) is 9.47. The van der Waals surface area contributed by atoms with E-state index in [4.69, 9.17) is 15.2 Å². The molecule has 1 unspecified atom stereocenters. The molecule has 0 saturated carbocycles. The highest BCUT2D eigenvalue weighted by molar-refractivity contribution is 4.92. The molecule has 2 N–H and O–H groups in total. The number of ether oxygens (including phenoxy) is 2. The number of nitrogens with two attached hydrogens (primary N) is 1. The predicted octanol–water partition coefficient (Wildman–Crippen LogP) is 9.26. The molecule has 0 aromatic carbocycles. The average molecular weight is 466 g/mol. The Morgan fingerprint density at radius 2 is 0.909 bits per heavy atom. The topological polar surface area (TPSA) is 44.5 Å². The minimum atomic E-state index is -0.215. The van der Waals surface area contributed by atoms with Crippen LogP contribution in [0, 0.1) is 0 Å². The molecule has 0 radical (unpaired) electrons. The average Bonchev–Trinajstić information content (AvgIpc) is 2.83. The summed E-state index contributed by atoms with van der Waals surface area (Å²) in [6, 6.07) is 0. The Morgan fingerprint density at radius 3 is 1.39 bits per heavy atom. The highest BCUT2D eigenvalue weighted by atomic mass is 16.7. The standard InChI is InChI=1S/C30H59NO2/c1-3-5-7-9-11-13-14-15-16-17-18-19-20-22-24-26-28-33-30(29-31)32-27-25-23-21-12-10-8-6-4-2/h11,13,15-16,30H,3-10,12,14,17-29,31H2,1-2H3/b13-11-,16-15-. The third kappa shape index (κ3) is 27.5. The summed E-state index contributed by atoms with van der Waals surface area (Å²) < 4.78 is 11.6. The monoisotopic (exact) mass is 465 g/mol. The zero-order chi connectivity index (χ0) is 24.1. The van der Waals surface area contributed by atoms with Crippen LogP contribution < -0.4 is 5.73 Å². The highest BCUT2D eigenvalue weighted by Crippen LogP contribution is 2.10. The molecular weight excluding hydrogens is 406 g/mol. The Bertz CT molecular complexity index is 408. The van der Waals surface area contributed by atoms with Gasteiger partial charge in [0, 0.05) is 19.8 Å². The zero-order valence-electron chi connectivity index (χ0n) is 22.5. The third-order valence-electron chi connectivity index (χ3n) is 6.14. The van der Waals surface area contributed by atoms with Gasteiger partial charge in [-0.2, -0.15) is 0 Å². The molecule has 0 aliphatic carbocycles. The van der Waals surface area contributed by atoms with E-state index in [2.05, 4.69) is 38.2 Å². The molecule has 0 aromatic heterocycles. The van der Waals surface area contributed by atoms with E-state index in [-0.39, 0.29) is 6.29 Å². The fraction of sp³-hybridized carbons (Fsp3) is 0.867. The summed E-state index contributed by atoms with van der Waals surface area (Å²) >= 11 is 0. The van der Waals surface area contributed by atoms with Crippen molar-refractivity contribution < 1.29 is 9.47 Å².